The van der Waals surface area contributed by atoms with Gasteiger partial charge in [0.1, 0.15) is 23.9 Å². The average Bonchev–Trinajstić information content (AvgIpc) is 3.50. The van der Waals surface area contributed by atoms with Gasteiger partial charge in [-0.25, -0.2) is 9.59 Å². The number of methoxy groups -OCH3 is 4. The smallest absolute Gasteiger partial charge is 0.338 e. The first-order valence-corrected chi connectivity index (χ1v) is 18.1. The third-order valence-electron chi connectivity index (χ3n) is 14.2. The summed E-state index contributed by atoms with van der Waals surface area (Å²) in [4.78, 5) is 30.6. The number of likely N-dealkylation sites (tertiary alicyclic amines) is 1. The van der Waals surface area contributed by atoms with Crippen LogP contribution in [-0.4, -0.2) is 145 Å². The molecule has 4 N–H and O–H groups in total. The summed E-state index contributed by atoms with van der Waals surface area (Å²) in [6, 6.07) is 15.9. The number of benzene rings is 2. The molecule has 2 aromatic carbocycles. The van der Waals surface area contributed by atoms with E-state index >= 15 is 0 Å². The molecule has 282 valence electrons. The van der Waals surface area contributed by atoms with Gasteiger partial charge in [0.2, 0.25) is 0 Å². The molecule has 0 radical (unpaired) electrons. The minimum atomic E-state index is -2.16. The van der Waals surface area contributed by atoms with Gasteiger partial charge in [0.25, 0.3) is 0 Å². The molecule has 13 nitrogen and oxygen atoms in total. The Kier molecular flexibility index (Phi) is 8.50. The van der Waals surface area contributed by atoms with E-state index in [-0.39, 0.29) is 24.2 Å². The summed E-state index contributed by atoms with van der Waals surface area (Å²) in [6.45, 7) is 2.88. The van der Waals surface area contributed by atoms with Crippen LogP contribution in [0, 0.1) is 28.6 Å². The molecule has 0 amide bonds. The first-order chi connectivity index (χ1) is 24.9. The molecule has 6 fully saturated rings. The molecule has 8 rings (SSSR count). The number of ether oxygens (including phenoxy) is 6. The van der Waals surface area contributed by atoms with E-state index in [0.717, 1.165) is 0 Å². The summed E-state index contributed by atoms with van der Waals surface area (Å²) in [5.74, 6) is -4.56. The zero-order valence-electron chi connectivity index (χ0n) is 30.1. The molecule has 13 heteroatoms. The van der Waals surface area contributed by atoms with E-state index in [4.69, 9.17) is 28.4 Å². The summed E-state index contributed by atoms with van der Waals surface area (Å²) < 4.78 is 37.8. The van der Waals surface area contributed by atoms with E-state index < -0.39 is 106 Å². The molecule has 0 aromatic heterocycles. The maximum atomic E-state index is 14.5. The summed E-state index contributed by atoms with van der Waals surface area (Å²) in [7, 11) is 5.96. The fraction of sp³-hybridized carbons (Fsp3) is 0.641. The highest BCUT2D eigenvalue weighted by atomic mass is 16.6. The topological polar surface area (TPSA) is 174 Å². The monoisotopic (exact) mass is 723 g/mol. The first-order valence-electron chi connectivity index (χ1n) is 18.1. The molecule has 6 aliphatic rings. The lowest BCUT2D eigenvalue weighted by Crippen LogP contribution is -2.85. The van der Waals surface area contributed by atoms with Crippen molar-refractivity contribution < 1.29 is 58.4 Å². The molecule has 2 aromatic rings. The Morgan fingerprint density at radius 3 is 2.04 bits per heavy atom. The van der Waals surface area contributed by atoms with Crippen LogP contribution >= 0.6 is 0 Å². The van der Waals surface area contributed by atoms with Crippen LogP contribution in [0.4, 0.5) is 0 Å². The number of carbonyl (C=O) groups excluding carboxylic acids is 2. The largest absolute Gasteiger partial charge is 0.455 e. The van der Waals surface area contributed by atoms with Gasteiger partial charge in [0.15, 0.2) is 5.60 Å². The zero-order valence-corrected chi connectivity index (χ0v) is 30.1. The van der Waals surface area contributed by atoms with E-state index in [1.54, 1.807) is 67.8 Å². The van der Waals surface area contributed by atoms with E-state index in [1.807, 2.05) is 6.92 Å². The zero-order chi connectivity index (χ0) is 37.0. The number of hydrogen-bond donors (Lipinski definition) is 4. The van der Waals surface area contributed by atoms with Gasteiger partial charge in [-0.1, -0.05) is 43.3 Å². The lowest BCUT2D eigenvalue weighted by atomic mass is 9.40. The third kappa shape index (κ3) is 4.09. The van der Waals surface area contributed by atoms with Crippen LogP contribution in [-0.2, 0) is 28.4 Å². The number of fused-ring (bicyclic) bond motifs is 2. The molecular formula is C39H49NO12. The number of aliphatic hydroxyl groups excluding tert-OH is 2. The Bertz CT molecular complexity index is 1700. The fourth-order valence-electron chi connectivity index (χ4n) is 12.9. The summed E-state index contributed by atoms with van der Waals surface area (Å²) in [5, 5.41) is 52.1. The van der Waals surface area contributed by atoms with Gasteiger partial charge in [0, 0.05) is 76.5 Å². The van der Waals surface area contributed by atoms with E-state index in [0.29, 0.717) is 13.1 Å². The van der Waals surface area contributed by atoms with Crippen molar-refractivity contribution in [2.45, 2.75) is 79.2 Å². The molecular weight excluding hydrogens is 674 g/mol. The normalized spacial score (nSPS) is 46.9. The van der Waals surface area contributed by atoms with Crippen molar-refractivity contribution in [3.05, 3.63) is 71.8 Å². The van der Waals surface area contributed by atoms with Crippen LogP contribution in [0.5, 0.6) is 0 Å². The molecule has 1 aliphatic heterocycles. The van der Waals surface area contributed by atoms with Gasteiger partial charge in [-0.3, -0.25) is 4.90 Å². The van der Waals surface area contributed by atoms with E-state index in [2.05, 4.69) is 4.90 Å². The summed E-state index contributed by atoms with van der Waals surface area (Å²) >= 11 is 0. The number of aliphatic hydroxyl groups is 4. The van der Waals surface area contributed by atoms with Gasteiger partial charge in [-0.2, -0.15) is 0 Å². The van der Waals surface area contributed by atoms with Crippen molar-refractivity contribution in [1.82, 2.24) is 4.90 Å². The van der Waals surface area contributed by atoms with Gasteiger partial charge in [0.05, 0.1) is 47.6 Å². The molecule has 5 aliphatic carbocycles. The van der Waals surface area contributed by atoms with Crippen LogP contribution in [0.15, 0.2) is 60.7 Å². The molecule has 15 atom stereocenters. The van der Waals surface area contributed by atoms with Crippen molar-refractivity contribution in [3.63, 3.8) is 0 Å². The number of nitrogens with zero attached hydrogens (tertiary/aromatic N) is 1. The highest BCUT2D eigenvalue weighted by Crippen LogP contribution is 2.81. The number of piperidine rings is 1. The highest BCUT2D eigenvalue weighted by molar-refractivity contribution is 5.90. The summed E-state index contributed by atoms with van der Waals surface area (Å²) in [5.41, 5.74) is -8.24. The first kappa shape index (κ1) is 36.0. The number of carbonyl (C=O) groups is 2. The van der Waals surface area contributed by atoms with Gasteiger partial charge < -0.3 is 48.8 Å². The molecule has 1 spiro atoms. The minimum absolute atomic E-state index is 0.101. The molecule has 0 unspecified atom stereocenters. The van der Waals surface area contributed by atoms with E-state index in [9.17, 15) is 30.0 Å². The van der Waals surface area contributed by atoms with Crippen molar-refractivity contribution in [2.24, 2.45) is 28.6 Å². The number of hydrogen-bond acceptors (Lipinski definition) is 13. The Balaban J connectivity index is 1.45. The third-order valence-corrected chi connectivity index (χ3v) is 14.2. The fourth-order valence-corrected chi connectivity index (χ4v) is 12.9. The highest BCUT2D eigenvalue weighted by Gasteiger charge is 2.96. The Hall–Kier alpha value is -2.98. The SMILES string of the molecule is CCN1C[C@]2(COC)[C@H](O)C[C@H](OC)[C@@]34[C@@H]2[C@@H](OC)[C@@H]([C@@H]13)[C@]1(OC(=O)c2ccccc2)[C@H]2[C@@H](OC(=O)c3ccccc3)[C@](O)(C[C@]24O)[C@@H](OC)[C@@H]1O. The Morgan fingerprint density at radius 1 is 0.846 bits per heavy atom. The predicted molar refractivity (Wildman–Crippen MR) is 182 cm³/mol. The van der Waals surface area contributed by atoms with Gasteiger partial charge in [-0.15, -0.1) is 0 Å². The van der Waals surface area contributed by atoms with Crippen molar-refractivity contribution >= 4 is 11.9 Å². The second-order valence-electron chi connectivity index (χ2n) is 15.8. The number of esters is 2. The van der Waals surface area contributed by atoms with Crippen LogP contribution in [0.3, 0.4) is 0 Å². The van der Waals surface area contributed by atoms with Crippen LogP contribution in [0.2, 0.25) is 0 Å². The van der Waals surface area contributed by atoms with Crippen molar-refractivity contribution in [3.8, 4) is 0 Å². The lowest BCUT2D eigenvalue weighted by molar-refractivity contribution is -0.352. The maximum absolute atomic E-state index is 14.5. The maximum Gasteiger partial charge on any atom is 0.338 e. The molecule has 52 heavy (non-hydrogen) atoms. The Labute approximate surface area is 302 Å². The molecule has 7 bridgehead atoms. The quantitative estimate of drug-likeness (QED) is 0.257. The summed E-state index contributed by atoms with van der Waals surface area (Å²) in [6.07, 6.45) is -7.68. The van der Waals surface area contributed by atoms with Crippen molar-refractivity contribution in [2.75, 3.05) is 48.1 Å². The minimum Gasteiger partial charge on any atom is -0.455 e. The van der Waals surface area contributed by atoms with Gasteiger partial charge >= 0.3 is 11.9 Å². The van der Waals surface area contributed by atoms with E-state index in [1.165, 1.54) is 21.3 Å². The van der Waals surface area contributed by atoms with Crippen LogP contribution < -0.4 is 0 Å². The molecule has 5 saturated carbocycles. The second kappa shape index (κ2) is 12.3. The molecule has 1 heterocycles. The van der Waals surface area contributed by atoms with Crippen molar-refractivity contribution in [1.29, 1.82) is 0 Å². The second-order valence-corrected chi connectivity index (χ2v) is 15.8. The number of rotatable bonds is 10. The standard InChI is InChI=1S/C39H49NO12/c1-6-40-19-35(20-47-2)23(41)17-24(48-3)38-27(35)26(49-4)25(29(38)40)39(52-34(44)22-15-11-8-12-16-22)28-31(51-33(43)21-13-9-7-10-14-21)36(45,18-37(28,38)46)32(50-5)30(39)42/h7-16,23-32,41-42,45-46H,6,17-20H2,1-5H3/t23-,24+,25+,26+,27-,28+,29-,30+,31-,32+,35+,36-,37+,38-,39+/m1/s1. The predicted octanol–water partition coefficient (Wildman–Crippen LogP) is 1.06. The van der Waals surface area contributed by atoms with Crippen LogP contribution in [0.1, 0.15) is 40.5 Å². The van der Waals surface area contributed by atoms with Crippen LogP contribution in [0.25, 0.3) is 0 Å². The van der Waals surface area contributed by atoms with Gasteiger partial charge in [-0.05, 0) is 30.8 Å². The average molecular weight is 724 g/mol. The Morgan fingerprint density at radius 2 is 1.48 bits per heavy atom. The lowest BCUT2D eigenvalue weighted by Gasteiger charge is -2.72. The molecule has 1 saturated heterocycles.